The van der Waals surface area contributed by atoms with E-state index in [9.17, 15) is 0 Å². The van der Waals surface area contributed by atoms with Crippen LogP contribution in [0.25, 0.3) is 32.3 Å². The maximum Gasteiger partial charge on any atom is 0.118 e. The first-order chi connectivity index (χ1) is 34.0. The molecular weight excluding hydrogens is 861 g/mol. The predicted octanol–water partition coefficient (Wildman–Crippen LogP) is 12.9. The average molecular weight is 909 g/mol. The van der Waals surface area contributed by atoms with Gasteiger partial charge in [-0.1, -0.05) is 80.0 Å². The number of hydrogen-bond acceptors (Lipinski definition) is 5. The molecule has 0 atom stereocenters. The van der Waals surface area contributed by atoms with Crippen LogP contribution in [0.3, 0.4) is 0 Å². The lowest BCUT2D eigenvalue weighted by Gasteiger charge is -2.24. The van der Waals surface area contributed by atoms with Crippen LogP contribution < -0.4 is 23.7 Å². The van der Waals surface area contributed by atoms with Crippen molar-refractivity contribution in [3.05, 3.63) is 207 Å². The molecule has 0 unspecified atom stereocenters. The van der Waals surface area contributed by atoms with Crippen molar-refractivity contribution < 1.29 is 23.7 Å². The highest BCUT2D eigenvalue weighted by Crippen LogP contribution is 2.45. The SMILES string of the molecule is COc1ccc(C#Cc2cc3c(C#Cc4ccc(OC)cc4)c(C#Cc4ccc(OC)cc4)c4cc(C(C)(C)C)cc5c(C#Cc6ccc(OC)cc6)c(C#Cc6ccc(OC)cc6)c(c2)c3c45)cc1. The molecule has 0 aliphatic rings. The van der Waals surface area contributed by atoms with Crippen LogP contribution in [-0.2, 0) is 5.41 Å². The molecule has 5 heteroatoms. The Morgan fingerprint density at radius 2 is 0.486 bits per heavy atom. The van der Waals surface area contributed by atoms with Crippen molar-refractivity contribution in [1.29, 1.82) is 0 Å². The Morgan fingerprint density at radius 3 is 0.714 bits per heavy atom. The smallest absolute Gasteiger partial charge is 0.118 e. The molecule has 0 aliphatic heterocycles. The number of ether oxygens (including phenoxy) is 5. The summed E-state index contributed by atoms with van der Waals surface area (Å²) in [6, 6.07) is 47.8. The zero-order chi connectivity index (χ0) is 48.8. The van der Waals surface area contributed by atoms with Crippen molar-refractivity contribution in [3.8, 4) is 88.0 Å². The Balaban J connectivity index is 1.47. The van der Waals surface area contributed by atoms with Gasteiger partial charge in [0.05, 0.1) is 35.5 Å². The van der Waals surface area contributed by atoms with E-state index in [1.165, 1.54) is 0 Å². The Labute approximate surface area is 410 Å². The minimum Gasteiger partial charge on any atom is -0.497 e. The van der Waals surface area contributed by atoms with Crippen LogP contribution in [0.1, 0.15) is 82.0 Å². The minimum atomic E-state index is -0.264. The quantitative estimate of drug-likeness (QED) is 0.127. The van der Waals surface area contributed by atoms with E-state index in [4.69, 9.17) is 23.7 Å². The molecule has 5 nitrogen and oxygen atoms in total. The van der Waals surface area contributed by atoms with Crippen LogP contribution in [0.4, 0.5) is 0 Å². The second kappa shape index (κ2) is 20.0. The average Bonchev–Trinajstić information content (AvgIpc) is 3.40. The fraction of sp³-hybridized carbons (Fsp3) is 0.138. The summed E-state index contributed by atoms with van der Waals surface area (Å²) in [7, 11) is 8.30. The first-order valence-corrected chi connectivity index (χ1v) is 22.7. The third kappa shape index (κ3) is 9.78. The van der Waals surface area contributed by atoms with E-state index in [1.807, 2.05) is 121 Å². The van der Waals surface area contributed by atoms with Gasteiger partial charge in [0.2, 0.25) is 0 Å². The number of methoxy groups -OCH3 is 5. The lowest BCUT2D eigenvalue weighted by atomic mass is 9.78. The number of hydrogen-bond donors (Lipinski definition) is 0. The molecule has 0 bridgehead atoms. The van der Waals surface area contributed by atoms with E-state index >= 15 is 0 Å². The molecule has 0 N–H and O–H groups in total. The van der Waals surface area contributed by atoms with Gasteiger partial charge in [-0.2, -0.15) is 0 Å². The summed E-state index contributed by atoms with van der Waals surface area (Å²) in [6.45, 7) is 6.69. The normalized spacial score (nSPS) is 10.6. The van der Waals surface area contributed by atoms with Gasteiger partial charge in [-0.15, -0.1) is 0 Å². The summed E-state index contributed by atoms with van der Waals surface area (Å²) in [5.74, 6) is 39.5. The molecule has 9 rings (SSSR count). The van der Waals surface area contributed by atoms with Gasteiger partial charge < -0.3 is 23.7 Å². The Bertz CT molecular complexity index is 3540. The molecule has 0 radical (unpaired) electrons. The first-order valence-electron chi connectivity index (χ1n) is 22.7. The standard InChI is InChI=1S/C65H48O5/c1-65(2,3)49-41-61-57(37-23-46-17-31-53(69-7)32-18-46)55(35-21-44-13-27-51(67-5)28-14-44)59-39-48(10-9-43-11-25-50(66-4)26-12-43)40-60-56(36-22-45-15-29-52(68-6)30-16-45)58(62(42-49)64(61)63(59)60)38-24-47-19-33-54(70-8)34-20-47/h11-20,25-34,39-42H,1-8H3. The zero-order valence-electron chi connectivity index (χ0n) is 40.4. The van der Waals surface area contributed by atoms with Crippen molar-refractivity contribution >= 4 is 32.3 Å². The van der Waals surface area contributed by atoms with E-state index in [2.05, 4.69) is 104 Å². The van der Waals surface area contributed by atoms with Crippen molar-refractivity contribution in [1.82, 2.24) is 0 Å². The third-order valence-electron chi connectivity index (χ3n) is 12.1. The van der Waals surface area contributed by atoms with E-state index < -0.39 is 0 Å². The summed E-state index contributed by atoms with van der Waals surface area (Å²) in [4.78, 5) is 0. The summed E-state index contributed by atoms with van der Waals surface area (Å²) in [6.07, 6.45) is 0. The van der Waals surface area contributed by atoms with Crippen LogP contribution in [0.15, 0.2) is 146 Å². The lowest BCUT2D eigenvalue weighted by Crippen LogP contribution is -2.12. The molecular formula is C65H48O5. The van der Waals surface area contributed by atoms with E-state index in [0.29, 0.717) is 0 Å². The topological polar surface area (TPSA) is 46.2 Å². The van der Waals surface area contributed by atoms with Crippen LogP contribution >= 0.6 is 0 Å². The molecule has 338 valence electrons. The van der Waals surface area contributed by atoms with E-state index in [1.54, 1.807) is 35.5 Å². The highest BCUT2D eigenvalue weighted by atomic mass is 16.5. The van der Waals surface area contributed by atoms with Crippen LogP contribution in [0.2, 0.25) is 0 Å². The minimum absolute atomic E-state index is 0.264. The molecule has 0 amide bonds. The third-order valence-corrected chi connectivity index (χ3v) is 12.1. The molecule has 0 spiro atoms. The molecule has 0 heterocycles. The summed E-state index contributed by atoms with van der Waals surface area (Å²) >= 11 is 0. The molecule has 0 saturated carbocycles. The second-order valence-electron chi connectivity index (χ2n) is 17.5. The van der Waals surface area contributed by atoms with Gasteiger partial charge in [0.25, 0.3) is 0 Å². The summed E-state index contributed by atoms with van der Waals surface area (Å²) in [5.41, 5.74) is 8.97. The highest BCUT2D eigenvalue weighted by molar-refractivity contribution is 6.29. The second-order valence-corrected chi connectivity index (χ2v) is 17.5. The van der Waals surface area contributed by atoms with Gasteiger partial charge in [0.1, 0.15) is 28.7 Å². The molecule has 70 heavy (non-hydrogen) atoms. The molecule has 0 saturated heterocycles. The number of benzene rings is 9. The van der Waals surface area contributed by atoms with Gasteiger partial charge in [0.15, 0.2) is 0 Å². The van der Waals surface area contributed by atoms with Crippen molar-refractivity contribution in [3.63, 3.8) is 0 Å². The van der Waals surface area contributed by atoms with Crippen LogP contribution in [-0.4, -0.2) is 35.5 Å². The maximum atomic E-state index is 5.49. The zero-order valence-corrected chi connectivity index (χ0v) is 40.4. The molecule has 0 aliphatic carbocycles. The van der Waals surface area contributed by atoms with Gasteiger partial charge in [-0.05, 0) is 157 Å². The Hall–Kier alpha value is -9.18. The fourth-order valence-corrected chi connectivity index (χ4v) is 8.23. The van der Waals surface area contributed by atoms with Crippen LogP contribution in [0.5, 0.6) is 28.7 Å². The molecule has 9 aromatic rings. The molecule has 0 aromatic heterocycles. The molecule has 9 aromatic carbocycles. The van der Waals surface area contributed by atoms with Gasteiger partial charge in [-0.25, -0.2) is 0 Å². The van der Waals surface area contributed by atoms with Crippen molar-refractivity contribution in [2.75, 3.05) is 35.5 Å². The van der Waals surface area contributed by atoms with E-state index in [0.717, 1.165) is 122 Å². The largest absolute Gasteiger partial charge is 0.497 e. The predicted molar refractivity (Wildman–Crippen MR) is 284 cm³/mol. The number of rotatable bonds is 5. The maximum absolute atomic E-state index is 5.49. The highest BCUT2D eigenvalue weighted by Gasteiger charge is 2.25. The van der Waals surface area contributed by atoms with Crippen LogP contribution in [0, 0.1) is 59.2 Å². The van der Waals surface area contributed by atoms with Crippen molar-refractivity contribution in [2.45, 2.75) is 26.2 Å². The Kier molecular flexibility index (Phi) is 13.1. The Morgan fingerprint density at radius 1 is 0.271 bits per heavy atom. The van der Waals surface area contributed by atoms with E-state index in [-0.39, 0.29) is 5.41 Å². The monoisotopic (exact) mass is 908 g/mol. The first kappa shape index (κ1) is 46.0. The lowest BCUT2D eigenvalue weighted by molar-refractivity contribution is 0.414. The van der Waals surface area contributed by atoms with Gasteiger partial charge >= 0.3 is 0 Å². The summed E-state index contributed by atoms with van der Waals surface area (Å²) in [5, 5.41) is 5.78. The fourth-order valence-electron chi connectivity index (χ4n) is 8.23. The summed E-state index contributed by atoms with van der Waals surface area (Å²) < 4.78 is 27.4. The van der Waals surface area contributed by atoms with Gasteiger partial charge in [0, 0.05) is 88.0 Å². The van der Waals surface area contributed by atoms with Crippen molar-refractivity contribution in [2.24, 2.45) is 0 Å². The molecule has 0 fully saturated rings. The van der Waals surface area contributed by atoms with Gasteiger partial charge in [-0.3, -0.25) is 0 Å².